The first-order valence-electron chi connectivity index (χ1n) is 9.92. The van der Waals surface area contributed by atoms with Crippen LogP contribution in [0.4, 0.5) is 28.8 Å². The number of nitrogens with two attached hydrogens (primary N) is 1. The second-order valence-corrected chi connectivity index (χ2v) is 7.13. The van der Waals surface area contributed by atoms with Gasteiger partial charge in [-0.25, -0.2) is 15.0 Å². The molecule has 0 atom stereocenters. The maximum absolute atomic E-state index is 6.48. The third kappa shape index (κ3) is 3.43. The molecule has 1 fully saturated rings. The zero-order chi connectivity index (χ0) is 20.3. The topological polar surface area (TPSA) is 96.1 Å². The average Bonchev–Trinajstić information content (AvgIpc) is 2.81. The molecule has 0 saturated carbocycles. The van der Waals surface area contributed by atoms with Gasteiger partial charge in [0.15, 0.2) is 11.6 Å². The lowest BCUT2D eigenvalue weighted by Gasteiger charge is -2.36. The molecule has 1 aromatic carbocycles. The summed E-state index contributed by atoms with van der Waals surface area (Å²) in [4.78, 5) is 22.2. The molecular weight excluding hydrogens is 376 g/mol. The number of anilines is 5. The van der Waals surface area contributed by atoms with Gasteiger partial charge in [-0.1, -0.05) is 24.3 Å². The van der Waals surface area contributed by atoms with Crippen molar-refractivity contribution in [2.75, 3.05) is 47.0 Å². The van der Waals surface area contributed by atoms with Crippen molar-refractivity contribution >= 4 is 39.7 Å². The third-order valence-corrected chi connectivity index (χ3v) is 5.30. The smallest absolute Gasteiger partial charge is 0.159 e. The summed E-state index contributed by atoms with van der Waals surface area (Å²) < 4.78 is 0. The third-order valence-electron chi connectivity index (χ3n) is 5.30. The first-order valence-corrected chi connectivity index (χ1v) is 9.92. The molecule has 4 heterocycles. The summed E-state index contributed by atoms with van der Waals surface area (Å²) in [6, 6.07) is 15.9. The van der Waals surface area contributed by atoms with E-state index in [1.54, 1.807) is 12.5 Å². The summed E-state index contributed by atoms with van der Waals surface area (Å²) in [7, 11) is 0. The summed E-state index contributed by atoms with van der Waals surface area (Å²) in [5.74, 6) is 2.34. The van der Waals surface area contributed by atoms with Crippen LogP contribution in [0.15, 0.2) is 67.3 Å². The van der Waals surface area contributed by atoms with Crippen molar-refractivity contribution in [3.63, 3.8) is 0 Å². The minimum absolute atomic E-state index is 0.539. The van der Waals surface area contributed by atoms with E-state index < -0.39 is 0 Å². The van der Waals surface area contributed by atoms with E-state index in [4.69, 9.17) is 5.73 Å². The van der Waals surface area contributed by atoms with Gasteiger partial charge in [-0.05, 0) is 24.3 Å². The molecule has 30 heavy (non-hydrogen) atoms. The number of nitrogens with one attached hydrogen (secondary N) is 1. The Hall–Kier alpha value is -3.94. The van der Waals surface area contributed by atoms with Crippen LogP contribution < -0.4 is 20.9 Å². The van der Waals surface area contributed by atoms with Crippen molar-refractivity contribution in [2.24, 2.45) is 0 Å². The first-order chi connectivity index (χ1) is 14.8. The largest absolute Gasteiger partial charge is 0.393 e. The van der Waals surface area contributed by atoms with Gasteiger partial charge in [-0.3, -0.25) is 4.98 Å². The Morgan fingerprint density at radius 1 is 0.767 bits per heavy atom. The fourth-order valence-corrected chi connectivity index (χ4v) is 3.76. The lowest BCUT2D eigenvalue weighted by molar-refractivity contribution is 0.642. The van der Waals surface area contributed by atoms with Crippen molar-refractivity contribution in [1.82, 2.24) is 19.9 Å². The number of hydrogen-bond acceptors (Lipinski definition) is 8. The molecule has 1 aliphatic heterocycles. The van der Waals surface area contributed by atoms with E-state index in [1.807, 2.05) is 54.7 Å². The molecule has 3 aromatic heterocycles. The Labute approximate surface area is 174 Å². The lowest BCUT2D eigenvalue weighted by atomic mass is 10.2. The summed E-state index contributed by atoms with van der Waals surface area (Å²) in [6.45, 7) is 3.34. The number of pyridine rings is 2. The number of aromatic nitrogens is 4. The van der Waals surface area contributed by atoms with Gasteiger partial charge in [0.25, 0.3) is 0 Å². The van der Waals surface area contributed by atoms with Gasteiger partial charge in [0.2, 0.25) is 0 Å². The Bertz CT molecular complexity index is 1150. The highest BCUT2D eigenvalue weighted by molar-refractivity contribution is 5.93. The van der Waals surface area contributed by atoms with Crippen LogP contribution in [-0.2, 0) is 0 Å². The molecule has 0 unspecified atom stereocenters. The molecule has 1 aliphatic rings. The van der Waals surface area contributed by atoms with Crippen LogP contribution in [-0.4, -0.2) is 46.1 Å². The standard InChI is InChI=1S/C22H22N8/c23-19-21(28-17-7-3-5-16-6-4-10-25-20(16)17)26-15-27-22(19)30-13-11-29(12-14-30)18-8-1-2-9-24-18/h1-10,15H,11-14,23H2,(H,26,27,28). The minimum atomic E-state index is 0.539. The number of nitrogens with zero attached hydrogens (tertiary/aromatic N) is 6. The van der Waals surface area contributed by atoms with E-state index in [2.05, 4.69) is 35.1 Å². The van der Waals surface area contributed by atoms with E-state index in [0.29, 0.717) is 11.5 Å². The number of para-hydroxylation sites is 1. The molecule has 4 aromatic rings. The molecule has 8 heteroatoms. The molecule has 0 aliphatic carbocycles. The Kier molecular flexibility index (Phi) is 4.72. The number of benzene rings is 1. The van der Waals surface area contributed by atoms with Crippen LogP contribution >= 0.6 is 0 Å². The van der Waals surface area contributed by atoms with Crippen molar-refractivity contribution in [2.45, 2.75) is 0 Å². The van der Waals surface area contributed by atoms with Crippen LogP contribution in [0, 0.1) is 0 Å². The lowest BCUT2D eigenvalue weighted by Crippen LogP contribution is -2.47. The van der Waals surface area contributed by atoms with Gasteiger partial charge in [0.1, 0.15) is 17.8 Å². The number of fused-ring (bicyclic) bond motifs is 1. The Balaban J connectivity index is 1.36. The summed E-state index contributed by atoms with van der Waals surface area (Å²) >= 11 is 0. The number of piperazine rings is 1. The molecule has 5 rings (SSSR count). The van der Waals surface area contributed by atoms with Crippen LogP contribution in [0.3, 0.4) is 0 Å². The Morgan fingerprint density at radius 2 is 1.57 bits per heavy atom. The van der Waals surface area contributed by atoms with Gasteiger partial charge in [-0.2, -0.15) is 0 Å². The number of rotatable bonds is 4. The maximum atomic E-state index is 6.48. The van der Waals surface area contributed by atoms with Crippen LogP contribution in [0.25, 0.3) is 10.9 Å². The fraction of sp³-hybridized carbons (Fsp3) is 0.182. The molecule has 3 N–H and O–H groups in total. The van der Waals surface area contributed by atoms with Gasteiger partial charge >= 0.3 is 0 Å². The van der Waals surface area contributed by atoms with Gasteiger partial charge in [0.05, 0.1) is 11.2 Å². The highest BCUT2D eigenvalue weighted by Gasteiger charge is 2.22. The average molecular weight is 398 g/mol. The van der Waals surface area contributed by atoms with E-state index in [1.165, 1.54) is 0 Å². The number of hydrogen-bond donors (Lipinski definition) is 2. The van der Waals surface area contributed by atoms with Gasteiger partial charge in [0, 0.05) is 44.0 Å². The van der Waals surface area contributed by atoms with Crippen molar-refractivity contribution in [3.05, 3.63) is 67.3 Å². The molecule has 150 valence electrons. The summed E-state index contributed by atoms with van der Waals surface area (Å²) in [6.07, 6.45) is 5.16. The molecule has 8 nitrogen and oxygen atoms in total. The second-order valence-electron chi connectivity index (χ2n) is 7.13. The zero-order valence-corrected chi connectivity index (χ0v) is 16.4. The second kappa shape index (κ2) is 7.82. The fourth-order valence-electron chi connectivity index (χ4n) is 3.76. The van der Waals surface area contributed by atoms with E-state index in [-0.39, 0.29) is 0 Å². The zero-order valence-electron chi connectivity index (χ0n) is 16.4. The van der Waals surface area contributed by atoms with E-state index in [0.717, 1.165) is 54.4 Å². The SMILES string of the molecule is Nc1c(Nc2cccc3cccnc23)ncnc1N1CCN(c2ccccn2)CC1. The highest BCUT2D eigenvalue weighted by Crippen LogP contribution is 2.31. The molecule has 0 spiro atoms. The van der Waals surface area contributed by atoms with Crippen LogP contribution in [0.1, 0.15) is 0 Å². The van der Waals surface area contributed by atoms with E-state index >= 15 is 0 Å². The van der Waals surface area contributed by atoms with Gasteiger partial charge in [-0.15, -0.1) is 0 Å². The molecule has 1 saturated heterocycles. The number of nitrogen functional groups attached to an aromatic ring is 1. The highest BCUT2D eigenvalue weighted by atomic mass is 15.3. The van der Waals surface area contributed by atoms with Gasteiger partial charge < -0.3 is 20.9 Å². The first kappa shape index (κ1) is 18.1. The predicted octanol–water partition coefficient (Wildman–Crippen LogP) is 3.07. The minimum Gasteiger partial charge on any atom is -0.393 e. The van der Waals surface area contributed by atoms with Crippen molar-refractivity contribution in [1.29, 1.82) is 0 Å². The van der Waals surface area contributed by atoms with Crippen molar-refractivity contribution < 1.29 is 0 Å². The van der Waals surface area contributed by atoms with Crippen LogP contribution in [0.2, 0.25) is 0 Å². The molecule has 0 amide bonds. The quantitative estimate of drug-likeness (QED) is 0.541. The maximum Gasteiger partial charge on any atom is 0.159 e. The monoisotopic (exact) mass is 398 g/mol. The molecule has 0 radical (unpaired) electrons. The summed E-state index contributed by atoms with van der Waals surface area (Å²) in [5, 5.41) is 4.40. The Morgan fingerprint density at radius 3 is 2.40 bits per heavy atom. The van der Waals surface area contributed by atoms with Crippen LogP contribution in [0.5, 0.6) is 0 Å². The van der Waals surface area contributed by atoms with Crippen molar-refractivity contribution in [3.8, 4) is 0 Å². The van der Waals surface area contributed by atoms with E-state index in [9.17, 15) is 0 Å². The molecular formula is C22H22N8. The normalized spacial score (nSPS) is 14.1. The molecule has 0 bridgehead atoms. The predicted molar refractivity (Wildman–Crippen MR) is 120 cm³/mol. The summed E-state index contributed by atoms with van der Waals surface area (Å²) in [5.41, 5.74) is 8.76.